The summed E-state index contributed by atoms with van der Waals surface area (Å²) in [6.07, 6.45) is -0.676. The molecule has 1 aromatic rings. The van der Waals surface area contributed by atoms with Gasteiger partial charge in [0.1, 0.15) is 17.7 Å². The molecular weight excluding hydrogens is 406 g/mol. The van der Waals surface area contributed by atoms with Gasteiger partial charge in [-0.05, 0) is 92.9 Å². The van der Waals surface area contributed by atoms with E-state index in [-0.39, 0.29) is 17.9 Å². The van der Waals surface area contributed by atoms with Crippen LogP contribution in [0.3, 0.4) is 0 Å². The molecule has 0 aliphatic carbocycles. The van der Waals surface area contributed by atoms with Crippen molar-refractivity contribution >= 4 is 17.9 Å². The Kier molecular flexibility index (Phi) is 8.90. The Hall–Kier alpha value is -2.57. The van der Waals surface area contributed by atoms with Crippen LogP contribution in [0.25, 0.3) is 0 Å². The summed E-state index contributed by atoms with van der Waals surface area (Å²) in [4.78, 5) is 40.8. The topological polar surface area (TPSA) is 87.7 Å². The Bertz CT molecular complexity index is 835. The van der Waals surface area contributed by atoms with Crippen LogP contribution in [0.4, 0.5) is 4.79 Å². The van der Waals surface area contributed by atoms with Gasteiger partial charge < -0.3 is 20.3 Å². The second-order valence-corrected chi connectivity index (χ2v) is 10.6. The number of benzene rings is 1. The third-order valence-electron chi connectivity index (χ3n) is 4.88. The van der Waals surface area contributed by atoms with E-state index in [1.807, 2.05) is 66.7 Å². The van der Waals surface area contributed by atoms with Gasteiger partial charge in [-0.15, -0.1) is 0 Å². The van der Waals surface area contributed by atoms with Crippen LogP contribution in [0.15, 0.2) is 18.2 Å². The molecule has 7 heteroatoms. The van der Waals surface area contributed by atoms with Gasteiger partial charge in [0.05, 0.1) is 0 Å². The number of alkyl carbamates (subject to hydrolysis) is 1. The molecular formula is C25H41N3O4. The van der Waals surface area contributed by atoms with E-state index in [1.54, 1.807) is 32.6 Å². The first-order chi connectivity index (χ1) is 14.4. The Morgan fingerprint density at radius 3 is 2.00 bits per heavy atom. The molecule has 180 valence electrons. The van der Waals surface area contributed by atoms with E-state index in [0.29, 0.717) is 0 Å². The third-order valence-corrected chi connectivity index (χ3v) is 4.88. The molecule has 1 aromatic carbocycles. The molecule has 0 aliphatic heterocycles. The van der Waals surface area contributed by atoms with Crippen molar-refractivity contribution in [2.24, 2.45) is 0 Å². The fourth-order valence-corrected chi connectivity index (χ4v) is 3.37. The monoisotopic (exact) mass is 447 g/mol. The number of amides is 3. The summed E-state index contributed by atoms with van der Waals surface area (Å²) in [5, 5.41) is 5.63. The highest BCUT2D eigenvalue weighted by Crippen LogP contribution is 2.29. The summed E-state index contributed by atoms with van der Waals surface area (Å²) in [5.41, 5.74) is 1.59. The summed E-state index contributed by atoms with van der Waals surface area (Å²) < 4.78 is 5.29. The lowest BCUT2D eigenvalue weighted by Crippen LogP contribution is -2.55. The molecule has 2 unspecified atom stereocenters. The minimum absolute atomic E-state index is 0.266. The van der Waals surface area contributed by atoms with E-state index in [4.69, 9.17) is 4.74 Å². The molecule has 0 aliphatic rings. The number of aryl methyl sites for hydroxylation is 1. The van der Waals surface area contributed by atoms with Crippen LogP contribution < -0.4 is 10.6 Å². The number of carbonyl (C=O) groups is 3. The molecule has 2 atom stereocenters. The lowest BCUT2D eigenvalue weighted by molar-refractivity contribution is -0.144. The summed E-state index contributed by atoms with van der Waals surface area (Å²) >= 11 is 0. The van der Waals surface area contributed by atoms with Crippen molar-refractivity contribution in [2.45, 2.75) is 105 Å². The highest BCUT2D eigenvalue weighted by atomic mass is 16.6. The van der Waals surface area contributed by atoms with Gasteiger partial charge in [0.15, 0.2) is 0 Å². The Balaban J connectivity index is 3.41. The van der Waals surface area contributed by atoms with Crippen molar-refractivity contribution in [3.8, 4) is 0 Å². The molecule has 3 amide bonds. The van der Waals surface area contributed by atoms with Crippen LogP contribution in [-0.4, -0.2) is 46.0 Å². The molecule has 0 heterocycles. The van der Waals surface area contributed by atoms with E-state index in [0.717, 1.165) is 16.7 Å². The zero-order valence-corrected chi connectivity index (χ0v) is 21.5. The van der Waals surface area contributed by atoms with Gasteiger partial charge in [-0.2, -0.15) is 0 Å². The maximum absolute atomic E-state index is 13.5. The van der Waals surface area contributed by atoms with E-state index < -0.39 is 29.3 Å². The molecule has 0 radical (unpaired) electrons. The van der Waals surface area contributed by atoms with Crippen LogP contribution in [0.2, 0.25) is 0 Å². The Morgan fingerprint density at radius 2 is 1.53 bits per heavy atom. The number of hydrogen-bond donors (Lipinski definition) is 2. The van der Waals surface area contributed by atoms with Crippen LogP contribution in [-0.2, 0) is 14.3 Å². The van der Waals surface area contributed by atoms with Gasteiger partial charge in [0.2, 0.25) is 11.8 Å². The number of rotatable bonds is 6. The van der Waals surface area contributed by atoms with Crippen LogP contribution in [0.1, 0.15) is 85.0 Å². The first-order valence-corrected chi connectivity index (χ1v) is 11.1. The number of carbonyl (C=O) groups excluding carboxylic acids is 3. The van der Waals surface area contributed by atoms with Gasteiger partial charge >= 0.3 is 6.09 Å². The van der Waals surface area contributed by atoms with E-state index in [2.05, 4.69) is 10.6 Å². The first kappa shape index (κ1) is 27.5. The second kappa shape index (κ2) is 10.4. The molecule has 0 fully saturated rings. The van der Waals surface area contributed by atoms with Gasteiger partial charge in [-0.3, -0.25) is 9.59 Å². The average Bonchev–Trinajstić information content (AvgIpc) is 2.58. The Labute approximate surface area is 193 Å². The molecule has 32 heavy (non-hydrogen) atoms. The smallest absolute Gasteiger partial charge is 0.408 e. The fourth-order valence-electron chi connectivity index (χ4n) is 3.37. The first-order valence-electron chi connectivity index (χ1n) is 11.1. The molecule has 0 spiro atoms. The summed E-state index contributed by atoms with van der Waals surface area (Å²) in [5.74, 6) is -0.626. The van der Waals surface area contributed by atoms with Crippen LogP contribution in [0, 0.1) is 13.8 Å². The maximum Gasteiger partial charge on any atom is 0.408 e. The molecule has 0 aromatic heterocycles. The molecule has 7 nitrogen and oxygen atoms in total. The second-order valence-electron chi connectivity index (χ2n) is 10.6. The standard InChI is InChI=1S/C25H41N3O4/c1-15(2)28(22(30)18(5)26-23(31)32-25(9,10)11)20(21(29)27-24(6,7)8)19-14-12-13-16(3)17(19)4/h12-15,18,20H,1-11H3,(H,26,31)(H,27,29). The van der Waals surface area contributed by atoms with Gasteiger partial charge in [-0.1, -0.05) is 18.2 Å². The SMILES string of the molecule is Cc1cccc(C(C(=O)NC(C)(C)C)N(C(=O)C(C)NC(=O)OC(C)(C)C)C(C)C)c1C. The highest BCUT2D eigenvalue weighted by Gasteiger charge is 2.38. The fraction of sp³-hybridized carbons (Fsp3) is 0.640. The molecule has 0 bridgehead atoms. The predicted molar refractivity (Wildman–Crippen MR) is 127 cm³/mol. The predicted octanol–water partition coefficient (Wildman–Crippen LogP) is 4.41. The minimum atomic E-state index is -0.873. The van der Waals surface area contributed by atoms with E-state index >= 15 is 0 Å². The van der Waals surface area contributed by atoms with Gasteiger partial charge in [0.25, 0.3) is 0 Å². The lowest BCUT2D eigenvalue weighted by atomic mass is 9.93. The Morgan fingerprint density at radius 1 is 0.969 bits per heavy atom. The highest BCUT2D eigenvalue weighted by molar-refractivity contribution is 5.92. The van der Waals surface area contributed by atoms with Crippen molar-refractivity contribution in [3.05, 3.63) is 34.9 Å². The van der Waals surface area contributed by atoms with Crippen molar-refractivity contribution in [3.63, 3.8) is 0 Å². The van der Waals surface area contributed by atoms with Crippen LogP contribution >= 0.6 is 0 Å². The number of nitrogens with one attached hydrogen (secondary N) is 2. The normalized spacial score (nSPS) is 13.9. The largest absolute Gasteiger partial charge is 0.444 e. The molecule has 2 N–H and O–H groups in total. The van der Waals surface area contributed by atoms with Gasteiger partial charge in [0, 0.05) is 11.6 Å². The average molecular weight is 448 g/mol. The summed E-state index contributed by atoms with van der Waals surface area (Å²) in [6, 6.07) is 3.74. The van der Waals surface area contributed by atoms with Crippen molar-refractivity contribution in [1.29, 1.82) is 0 Å². The number of ether oxygens (including phenoxy) is 1. The van der Waals surface area contributed by atoms with E-state index in [9.17, 15) is 14.4 Å². The van der Waals surface area contributed by atoms with Crippen molar-refractivity contribution in [2.75, 3.05) is 0 Å². The third kappa shape index (κ3) is 7.84. The maximum atomic E-state index is 13.5. The zero-order valence-electron chi connectivity index (χ0n) is 21.5. The lowest BCUT2D eigenvalue weighted by Gasteiger charge is -2.38. The molecule has 0 saturated carbocycles. The van der Waals surface area contributed by atoms with Gasteiger partial charge in [-0.25, -0.2) is 4.79 Å². The number of nitrogens with zero attached hydrogens (tertiary/aromatic N) is 1. The quantitative estimate of drug-likeness (QED) is 0.676. The van der Waals surface area contributed by atoms with Crippen molar-refractivity contribution in [1.82, 2.24) is 15.5 Å². The molecule has 0 saturated heterocycles. The zero-order chi connectivity index (χ0) is 25.0. The number of hydrogen-bond acceptors (Lipinski definition) is 4. The summed E-state index contributed by atoms with van der Waals surface area (Å²) in [6.45, 7) is 20.2. The van der Waals surface area contributed by atoms with Crippen molar-refractivity contribution < 1.29 is 19.1 Å². The molecule has 1 rings (SSSR count). The van der Waals surface area contributed by atoms with Crippen LogP contribution in [0.5, 0.6) is 0 Å². The van der Waals surface area contributed by atoms with E-state index in [1.165, 1.54) is 0 Å². The minimum Gasteiger partial charge on any atom is -0.444 e. The summed E-state index contributed by atoms with van der Waals surface area (Å²) in [7, 11) is 0.